The molecular weight excluding hydrogens is 366 g/mol. The Labute approximate surface area is 160 Å². The van der Waals surface area contributed by atoms with Gasteiger partial charge >= 0.3 is 0 Å². The molecule has 0 spiro atoms. The van der Waals surface area contributed by atoms with Crippen molar-refractivity contribution in [1.82, 2.24) is 19.5 Å². The Balaban J connectivity index is 1.58. The number of fused-ring (bicyclic) bond motifs is 1. The number of ether oxygens (including phenoxy) is 1. The summed E-state index contributed by atoms with van der Waals surface area (Å²) in [7, 11) is 0. The number of nitrogens with zero attached hydrogens (tertiary/aromatic N) is 5. The number of allylic oxidation sites excluding steroid dienone is 2. The Morgan fingerprint density at radius 2 is 2.18 bits per heavy atom. The standard InChI is InChI=1S/C17H23N7O4/c18-14-11-15(22-17(21-14)23-20-6-9-4-2-1-3-5-9)24(8-19-11)16-13(27)12(26)10(7-25)28-16/h1-2,6,8-10,12-13,16,25-27H,3-5,7H2,(H3,18,21,22,23)/t9?,10-,12?,13?,16-/m1/s1. The normalized spacial score (nSPS) is 30.5. The van der Waals surface area contributed by atoms with Gasteiger partial charge in [0.1, 0.15) is 23.8 Å². The van der Waals surface area contributed by atoms with E-state index >= 15 is 0 Å². The van der Waals surface area contributed by atoms with Crippen LogP contribution in [0.5, 0.6) is 0 Å². The summed E-state index contributed by atoms with van der Waals surface area (Å²) >= 11 is 0. The van der Waals surface area contributed by atoms with Crippen molar-refractivity contribution < 1.29 is 20.1 Å². The smallest absolute Gasteiger partial charge is 0.247 e. The number of hydrogen-bond donors (Lipinski definition) is 5. The Kier molecular flexibility index (Phi) is 5.22. The number of hydrogen-bond acceptors (Lipinski definition) is 10. The number of imidazole rings is 1. The predicted octanol–water partition coefficient (Wildman–Crippen LogP) is -0.226. The highest BCUT2D eigenvalue weighted by atomic mass is 16.6. The average molecular weight is 389 g/mol. The van der Waals surface area contributed by atoms with Crippen LogP contribution in [-0.2, 0) is 4.74 Å². The summed E-state index contributed by atoms with van der Waals surface area (Å²) in [5.41, 5.74) is 9.42. The summed E-state index contributed by atoms with van der Waals surface area (Å²) in [6.45, 7) is -0.420. The first-order valence-corrected chi connectivity index (χ1v) is 9.15. The van der Waals surface area contributed by atoms with Crippen LogP contribution < -0.4 is 11.2 Å². The summed E-state index contributed by atoms with van der Waals surface area (Å²) < 4.78 is 7.00. The Bertz CT molecular complexity index is 899. The van der Waals surface area contributed by atoms with Crippen molar-refractivity contribution in [2.75, 3.05) is 17.8 Å². The topological polar surface area (TPSA) is 164 Å². The second-order valence-electron chi connectivity index (χ2n) is 6.92. The van der Waals surface area contributed by atoms with E-state index in [9.17, 15) is 15.3 Å². The summed E-state index contributed by atoms with van der Waals surface area (Å²) in [4.78, 5) is 12.7. The van der Waals surface area contributed by atoms with Crippen LogP contribution in [0, 0.1) is 5.92 Å². The van der Waals surface area contributed by atoms with Crippen molar-refractivity contribution in [3.05, 3.63) is 18.5 Å². The van der Waals surface area contributed by atoms with Crippen LogP contribution in [0.3, 0.4) is 0 Å². The molecule has 0 amide bonds. The summed E-state index contributed by atoms with van der Waals surface area (Å²) in [6, 6.07) is 0. The van der Waals surface area contributed by atoms with Gasteiger partial charge in [0.15, 0.2) is 17.7 Å². The first kappa shape index (κ1) is 18.7. The molecule has 3 heterocycles. The van der Waals surface area contributed by atoms with E-state index in [2.05, 4.69) is 37.6 Å². The molecule has 1 aliphatic carbocycles. The van der Waals surface area contributed by atoms with E-state index in [1.54, 1.807) is 0 Å². The molecule has 2 aromatic rings. The first-order valence-electron chi connectivity index (χ1n) is 9.15. The van der Waals surface area contributed by atoms with E-state index in [0.29, 0.717) is 17.1 Å². The van der Waals surface area contributed by atoms with Gasteiger partial charge in [-0.25, -0.2) is 10.4 Å². The highest BCUT2D eigenvalue weighted by Crippen LogP contribution is 2.32. The predicted molar refractivity (Wildman–Crippen MR) is 101 cm³/mol. The molecular formula is C17H23N7O4. The zero-order chi connectivity index (χ0) is 19.7. The number of nitrogens with one attached hydrogen (secondary N) is 1. The number of anilines is 2. The number of aromatic nitrogens is 4. The summed E-state index contributed by atoms with van der Waals surface area (Å²) in [5.74, 6) is 0.693. The second kappa shape index (κ2) is 7.80. The molecule has 5 atom stereocenters. The van der Waals surface area contributed by atoms with Crippen LogP contribution in [0.4, 0.5) is 11.8 Å². The molecule has 6 N–H and O–H groups in total. The van der Waals surface area contributed by atoms with Crippen LogP contribution in [0.2, 0.25) is 0 Å². The van der Waals surface area contributed by atoms with Crippen LogP contribution in [-0.4, -0.2) is 66.0 Å². The van der Waals surface area contributed by atoms with Crippen molar-refractivity contribution in [1.29, 1.82) is 0 Å². The molecule has 0 radical (unpaired) electrons. The third kappa shape index (κ3) is 3.44. The lowest BCUT2D eigenvalue weighted by Crippen LogP contribution is -2.33. The number of nitrogens with two attached hydrogens (primary N) is 1. The molecule has 11 nitrogen and oxygen atoms in total. The van der Waals surface area contributed by atoms with Crippen molar-refractivity contribution >= 4 is 29.1 Å². The molecule has 1 fully saturated rings. The highest BCUT2D eigenvalue weighted by Gasteiger charge is 2.44. The number of aliphatic hydroxyl groups is 3. The molecule has 0 aromatic carbocycles. The van der Waals surface area contributed by atoms with Gasteiger partial charge in [-0.15, -0.1) is 0 Å². The van der Waals surface area contributed by atoms with Crippen molar-refractivity contribution in [2.45, 2.75) is 43.8 Å². The Hall–Kier alpha value is -2.60. The van der Waals surface area contributed by atoms with E-state index in [1.807, 2.05) is 6.21 Å². The van der Waals surface area contributed by atoms with Crippen molar-refractivity contribution in [2.24, 2.45) is 11.0 Å². The minimum Gasteiger partial charge on any atom is -0.394 e. The molecule has 0 bridgehead atoms. The number of hydrazone groups is 1. The molecule has 3 unspecified atom stereocenters. The van der Waals surface area contributed by atoms with E-state index in [1.165, 1.54) is 10.9 Å². The number of nitrogen functional groups attached to an aromatic ring is 1. The lowest BCUT2D eigenvalue weighted by atomic mass is 9.96. The van der Waals surface area contributed by atoms with Gasteiger partial charge in [0.05, 0.1) is 12.9 Å². The Morgan fingerprint density at radius 3 is 2.89 bits per heavy atom. The molecule has 4 rings (SSSR count). The van der Waals surface area contributed by atoms with Gasteiger partial charge in [-0.2, -0.15) is 15.1 Å². The monoisotopic (exact) mass is 389 g/mol. The lowest BCUT2D eigenvalue weighted by Gasteiger charge is -2.16. The van der Waals surface area contributed by atoms with Crippen LogP contribution >= 0.6 is 0 Å². The molecule has 1 aliphatic heterocycles. The van der Waals surface area contributed by atoms with Gasteiger partial charge in [0.25, 0.3) is 0 Å². The minimum atomic E-state index is -1.25. The fraction of sp³-hybridized carbons (Fsp3) is 0.529. The van der Waals surface area contributed by atoms with Gasteiger partial charge in [-0.05, 0) is 25.2 Å². The van der Waals surface area contributed by atoms with Gasteiger partial charge in [-0.1, -0.05) is 12.2 Å². The maximum absolute atomic E-state index is 10.3. The number of rotatable bonds is 5. The fourth-order valence-corrected chi connectivity index (χ4v) is 3.44. The van der Waals surface area contributed by atoms with Crippen LogP contribution in [0.15, 0.2) is 23.6 Å². The molecule has 150 valence electrons. The van der Waals surface area contributed by atoms with Gasteiger partial charge in [-0.3, -0.25) is 4.57 Å². The summed E-state index contributed by atoms with van der Waals surface area (Å²) in [5, 5.41) is 33.7. The van der Waals surface area contributed by atoms with E-state index < -0.39 is 31.1 Å². The molecule has 2 aromatic heterocycles. The lowest BCUT2D eigenvalue weighted by molar-refractivity contribution is -0.0511. The SMILES string of the molecule is Nc1nc(NN=CC2CC=CCC2)nc2c1ncn2[C@@H]1O[C@H](CO)C(O)C1O. The third-order valence-corrected chi connectivity index (χ3v) is 5.00. The van der Waals surface area contributed by atoms with Gasteiger partial charge < -0.3 is 25.8 Å². The van der Waals surface area contributed by atoms with E-state index in [-0.39, 0.29) is 11.8 Å². The van der Waals surface area contributed by atoms with Crippen molar-refractivity contribution in [3.63, 3.8) is 0 Å². The van der Waals surface area contributed by atoms with Crippen molar-refractivity contribution in [3.8, 4) is 0 Å². The van der Waals surface area contributed by atoms with E-state index in [0.717, 1.165) is 19.3 Å². The maximum Gasteiger partial charge on any atom is 0.247 e. The highest BCUT2D eigenvalue weighted by molar-refractivity contribution is 5.83. The fourth-order valence-electron chi connectivity index (χ4n) is 3.44. The second-order valence-corrected chi connectivity index (χ2v) is 6.92. The minimum absolute atomic E-state index is 0.147. The van der Waals surface area contributed by atoms with Gasteiger partial charge in [0.2, 0.25) is 5.95 Å². The van der Waals surface area contributed by atoms with E-state index in [4.69, 9.17) is 10.5 Å². The maximum atomic E-state index is 10.3. The molecule has 28 heavy (non-hydrogen) atoms. The quantitative estimate of drug-likeness (QED) is 0.264. The molecule has 11 heteroatoms. The largest absolute Gasteiger partial charge is 0.394 e. The zero-order valence-electron chi connectivity index (χ0n) is 15.1. The molecule has 0 saturated carbocycles. The van der Waals surface area contributed by atoms with Gasteiger partial charge in [0, 0.05) is 6.21 Å². The summed E-state index contributed by atoms with van der Waals surface area (Å²) in [6.07, 6.45) is 6.23. The number of aliphatic hydroxyl groups excluding tert-OH is 3. The molecule has 1 saturated heterocycles. The first-order chi connectivity index (χ1) is 13.6. The Morgan fingerprint density at radius 1 is 1.32 bits per heavy atom. The zero-order valence-corrected chi connectivity index (χ0v) is 15.1. The van der Waals surface area contributed by atoms with Crippen LogP contribution in [0.1, 0.15) is 25.5 Å². The van der Waals surface area contributed by atoms with Crippen LogP contribution in [0.25, 0.3) is 11.2 Å². The third-order valence-electron chi connectivity index (χ3n) is 5.00. The molecule has 2 aliphatic rings. The average Bonchev–Trinajstić information content (AvgIpc) is 3.24.